The Morgan fingerprint density at radius 1 is 1.18 bits per heavy atom. The zero-order valence-electron chi connectivity index (χ0n) is 18.0. The van der Waals surface area contributed by atoms with Crippen LogP contribution in [0.2, 0.25) is 0 Å². The van der Waals surface area contributed by atoms with Crippen molar-refractivity contribution in [3.8, 4) is 11.8 Å². The highest BCUT2D eigenvalue weighted by molar-refractivity contribution is 5.88. The van der Waals surface area contributed by atoms with Gasteiger partial charge in [0.25, 0.3) is 5.56 Å². The van der Waals surface area contributed by atoms with Crippen molar-refractivity contribution in [2.24, 2.45) is 7.05 Å². The summed E-state index contributed by atoms with van der Waals surface area (Å²) in [6.07, 6.45) is -4.50. The fourth-order valence-electron chi connectivity index (χ4n) is 4.43. The molecule has 4 rings (SSSR count). The molecular weight excluding hydrogens is 435 g/mol. The molecule has 0 amide bonds. The van der Waals surface area contributed by atoms with Gasteiger partial charge in [-0.3, -0.25) is 9.69 Å². The Balaban J connectivity index is 1.69. The van der Waals surface area contributed by atoms with E-state index in [0.29, 0.717) is 16.7 Å². The van der Waals surface area contributed by atoms with Crippen molar-refractivity contribution < 1.29 is 18.3 Å². The third-order valence-corrected chi connectivity index (χ3v) is 6.04. The SMILES string of the molecule is C[C@H]1CN(C(c2ccc(O)cc2)C(F)(F)F)CCN1c1cc(=O)n(C)c2ccc(C#N)nc12. The van der Waals surface area contributed by atoms with Gasteiger partial charge in [0.2, 0.25) is 0 Å². The van der Waals surface area contributed by atoms with Crippen molar-refractivity contribution in [3.63, 3.8) is 0 Å². The molecule has 7 nitrogen and oxygen atoms in total. The van der Waals surface area contributed by atoms with Crippen LogP contribution in [0.25, 0.3) is 11.0 Å². The van der Waals surface area contributed by atoms with Crippen molar-refractivity contribution in [1.82, 2.24) is 14.5 Å². The summed E-state index contributed by atoms with van der Waals surface area (Å²) in [6, 6.07) is 9.48. The number of fused-ring (bicyclic) bond motifs is 1. The first-order valence-corrected chi connectivity index (χ1v) is 10.4. The van der Waals surface area contributed by atoms with Crippen LogP contribution in [0.3, 0.4) is 0 Å². The molecule has 0 spiro atoms. The number of halogens is 3. The van der Waals surface area contributed by atoms with Gasteiger partial charge < -0.3 is 14.6 Å². The molecule has 3 heterocycles. The van der Waals surface area contributed by atoms with Crippen LogP contribution in [0.4, 0.5) is 18.9 Å². The zero-order chi connectivity index (χ0) is 23.9. The molecule has 1 fully saturated rings. The van der Waals surface area contributed by atoms with Crippen molar-refractivity contribution in [1.29, 1.82) is 5.26 Å². The van der Waals surface area contributed by atoms with E-state index in [2.05, 4.69) is 4.98 Å². The van der Waals surface area contributed by atoms with E-state index in [1.807, 2.05) is 11.0 Å². The second-order valence-electron chi connectivity index (χ2n) is 8.18. The number of hydrogen-bond donors (Lipinski definition) is 1. The predicted octanol–water partition coefficient (Wildman–Crippen LogP) is 3.32. The normalized spacial score (nSPS) is 18.3. The van der Waals surface area contributed by atoms with Gasteiger partial charge in [-0.15, -0.1) is 0 Å². The topological polar surface area (TPSA) is 85.4 Å². The van der Waals surface area contributed by atoms with E-state index in [0.717, 1.165) is 0 Å². The molecule has 3 aromatic rings. The molecule has 0 radical (unpaired) electrons. The van der Waals surface area contributed by atoms with Gasteiger partial charge in [-0.05, 0) is 36.8 Å². The molecule has 0 saturated carbocycles. The number of nitriles is 1. The number of aromatic hydroxyl groups is 1. The van der Waals surface area contributed by atoms with Gasteiger partial charge in [-0.1, -0.05) is 12.1 Å². The lowest BCUT2D eigenvalue weighted by molar-refractivity contribution is -0.188. The van der Waals surface area contributed by atoms with Crippen molar-refractivity contribution >= 4 is 16.7 Å². The van der Waals surface area contributed by atoms with Crippen LogP contribution in [0.5, 0.6) is 5.75 Å². The lowest BCUT2D eigenvalue weighted by Crippen LogP contribution is -2.55. The molecule has 1 aromatic carbocycles. The second kappa shape index (κ2) is 8.41. The predicted molar refractivity (Wildman–Crippen MR) is 117 cm³/mol. The number of alkyl halides is 3. The summed E-state index contributed by atoms with van der Waals surface area (Å²) in [4.78, 5) is 20.2. The second-order valence-corrected chi connectivity index (χ2v) is 8.18. The van der Waals surface area contributed by atoms with Crippen molar-refractivity contribution in [2.45, 2.75) is 25.2 Å². The quantitative estimate of drug-likeness (QED) is 0.650. The number of anilines is 1. The first-order valence-electron chi connectivity index (χ1n) is 10.4. The maximum atomic E-state index is 14.0. The molecule has 10 heteroatoms. The summed E-state index contributed by atoms with van der Waals surface area (Å²) in [5, 5.41) is 18.7. The number of aryl methyl sites for hydroxylation is 1. The van der Waals surface area contributed by atoms with Gasteiger partial charge in [0.1, 0.15) is 29.1 Å². The highest BCUT2D eigenvalue weighted by Crippen LogP contribution is 2.40. The first-order chi connectivity index (χ1) is 15.6. The van der Waals surface area contributed by atoms with Crippen LogP contribution in [0.1, 0.15) is 24.2 Å². The van der Waals surface area contributed by atoms with Gasteiger partial charge in [-0.25, -0.2) is 4.98 Å². The highest BCUT2D eigenvalue weighted by atomic mass is 19.4. The molecule has 2 aromatic heterocycles. The summed E-state index contributed by atoms with van der Waals surface area (Å²) < 4.78 is 43.5. The number of phenolic OH excluding ortho intramolecular Hbond substituents is 1. The minimum atomic E-state index is -4.50. The number of hydrogen-bond acceptors (Lipinski definition) is 6. The Morgan fingerprint density at radius 2 is 1.88 bits per heavy atom. The number of pyridine rings is 2. The summed E-state index contributed by atoms with van der Waals surface area (Å²) in [5.74, 6) is -0.0976. The van der Waals surface area contributed by atoms with Crippen LogP contribution < -0.4 is 10.5 Å². The molecule has 0 bridgehead atoms. The molecule has 1 aliphatic rings. The molecular formula is C23H22F3N5O2. The van der Waals surface area contributed by atoms with Gasteiger partial charge >= 0.3 is 6.18 Å². The molecule has 1 saturated heterocycles. The number of nitrogens with zero attached hydrogens (tertiary/aromatic N) is 5. The van der Waals surface area contributed by atoms with E-state index in [-0.39, 0.29) is 48.2 Å². The van der Waals surface area contributed by atoms with Crippen LogP contribution >= 0.6 is 0 Å². The number of rotatable bonds is 3. The van der Waals surface area contributed by atoms with Crippen molar-refractivity contribution in [2.75, 3.05) is 24.5 Å². The minimum Gasteiger partial charge on any atom is -0.508 e. The summed E-state index contributed by atoms with van der Waals surface area (Å²) >= 11 is 0. The highest BCUT2D eigenvalue weighted by Gasteiger charge is 2.46. The van der Waals surface area contributed by atoms with Crippen LogP contribution in [-0.4, -0.2) is 51.4 Å². The van der Waals surface area contributed by atoms with Crippen LogP contribution in [0, 0.1) is 11.3 Å². The molecule has 0 aliphatic carbocycles. The van der Waals surface area contributed by atoms with Crippen LogP contribution in [-0.2, 0) is 7.05 Å². The molecule has 1 aliphatic heterocycles. The molecule has 33 heavy (non-hydrogen) atoms. The van der Waals surface area contributed by atoms with Gasteiger partial charge in [0.15, 0.2) is 0 Å². The number of piperazine rings is 1. The number of phenols is 1. The average Bonchev–Trinajstić information content (AvgIpc) is 2.77. The maximum absolute atomic E-state index is 14.0. The summed E-state index contributed by atoms with van der Waals surface area (Å²) in [5.41, 5.74) is 1.49. The van der Waals surface area contributed by atoms with E-state index in [1.54, 1.807) is 20.0 Å². The summed E-state index contributed by atoms with van der Waals surface area (Å²) in [7, 11) is 1.61. The largest absolute Gasteiger partial charge is 0.508 e. The first kappa shape index (κ1) is 22.6. The number of aromatic nitrogens is 2. The van der Waals surface area contributed by atoms with E-state index in [1.165, 1.54) is 45.9 Å². The van der Waals surface area contributed by atoms with E-state index >= 15 is 0 Å². The number of benzene rings is 1. The standard InChI is InChI=1S/C23H22F3N5O2/c1-14-13-30(22(23(24,25)26)15-3-6-17(32)7-4-15)9-10-31(14)19-11-20(33)29(2)18-8-5-16(12-27)28-21(18)19/h3-8,11,14,22,32H,9-10,13H2,1-2H3/t14-,22?/m0/s1. The average molecular weight is 457 g/mol. The Hall–Kier alpha value is -3.58. The fraction of sp³-hybridized carbons (Fsp3) is 0.348. The minimum absolute atomic E-state index is 0.0558. The van der Waals surface area contributed by atoms with Crippen molar-refractivity contribution in [3.05, 3.63) is 64.1 Å². The Bertz CT molecular complexity index is 1280. The smallest absolute Gasteiger partial charge is 0.408 e. The van der Waals surface area contributed by atoms with Crippen LogP contribution in [0.15, 0.2) is 47.3 Å². The lowest BCUT2D eigenvalue weighted by atomic mass is 10.0. The zero-order valence-corrected chi connectivity index (χ0v) is 18.0. The molecule has 1 N–H and O–H groups in total. The monoisotopic (exact) mass is 457 g/mol. The molecule has 172 valence electrons. The van der Waals surface area contributed by atoms with E-state index in [9.17, 15) is 28.3 Å². The van der Waals surface area contributed by atoms with Gasteiger partial charge in [-0.2, -0.15) is 18.4 Å². The van der Waals surface area contributed by atoms with Gasteiger partial charge in [0, 0.05) is 38.8 Å². The third kappa shape index (κ3) is 4.24. The van der Waals surface area contributed by atoms with Gasteiger partial charge in [0.05, 0.1) is 11.2 Å². The Kier molecular flexibility index (Phi) is 5.76. The van der Waals surface area contributed by atoms with E-state index in [4.69, 9.17) is 0 Å². The van der Waals surface area contributed by atoms with E-state index < -0.39 is 12.2 Å². The maximum Gasteiger partial charge on any atom is 0.408 e. The summed E-state index contributed by atoms with van der Waals surface area (Å²) in [6.45, 7) is 2.24. The third-order valence-electron chi connectivity index (χ3n) is 6.04. The molecule has 2 atom stereocenters. The fourth-order valence-corrected chi connectivity index (χ4v) is 4.43. The lowest BCUT2D eigenvalue weighted by Gasteiger charge is -2.44. The Labute approximate surface area is 187 Å². The Morgan fingerprint density at radius 3 is 2.48 bits per heavy atom. The molecule has 1 unspecified atom stereocenters.